The molecule has 16 heavy (non-hydrogen) atoms. The van der Waals surface area contributed by atoms with Crippen LogP contribution in [-0.4, -0.2) is 24.4 Å². The standard InChI is InChI=1S/C11H15F2NO2/c1-8(7-15)14-6-9-3-2-4-10(5-9)16-11(12)13/h2-5,8,11,14-15H,6-7H2,1H3. The molecule has 5 heteroatoms. The van der Waals surface area contributed by atoms with Crippen LogP contribution >= 0.6 is 0 Å². The van der Waals surface area contributed by atoms with E-state index in [1.807, 2.05) is 6.92 Å². The van der Waals surface area contributed by atoms with Gasteiger partial charge in [-0.2, -0.15) is 8.78 Å². The summed E-state index contributed by atoms with van der Waals surface area (Å²) in [5, 5.41) is 11.8. The zero-order valence-electron chi connectivity index (χ0n) is 8.99. The number of benzene rings is 1. The largest absolute Gasteiger partial charge is 0.435 e. The van der Waals surface area contributed by atoms with Crippen LogP contribution in [0.4, 0.5) is 8.78 Å². The average Bonchev–Trinajstić information content (AvgIpc) is 2.25. The fourth-order valence-electron chi connectivity index (χ4n) is 1.19. The number of nitrogens with one attached hydrogen (secondary N) is 1. The van der Waals surface area contributed by atoms with E-state index in [0.717, 1.165) is 5.56 Å². The first-order chi connectivity index (χ1) is 7.61. The molecule has 1 aromatic rings. The lowest BCUT2D eigenvalue weighted by molar-refractivity contribution is -0.0498. The van der Waals surface area contributed by atoms with Gasteiger partial charge in [-0.1, -0.05) is 12.1 Å². The third kappa shape index (κ3) is 4.55. The molecule has 0 saturated heterocycles. The maximum Gasteiger partial charge on any atom is 0.387 e. The molecule has 0 aromatic heterocycles. The van der Waals surface area contributed by atoms with Crippen LogP contribution < -0.4 is 10.1 Å². The first-order valence-electron chi connectivity index (χ1n) is 5.00. The molecule has 1 unspecified atom stereocenters. The fourth-order valence-corrected chi connectivity index (χ4v) is 1.19. The minimum absolute atomic E-state index is 0.0281. The van der Waals surface area contributed by atoms with Gasteiger partial charge in [-0.3, -0.25) is 0 Å². The Balaban J connectivity index is 2.53. The van der Waals surface area contributed by atoms with Gasteiger partial charge in [0.25, 0.3) is 0 Å². The van der Waals surface area contributed by atoms with E-state index in [1.165, 1.54) is 6.07 Å². The highest BCUT2D eigenvalue weighted by atomic mass is 19.3. The van der Waals surface area contributed by atoms with Crippen LogP contribution in [0, 0.1) is 0 Å². The summed E-state index contributed by atoms with van der Waals surface area (Å²) in [5.74, 6) is 0.144. The maximum absolute atomic E-state index is 11.9. The topological polar surface area (TPSA) is 41.5 Å². The lowest BCUT2D eigenvalue weighted by atomic mass is 10.2. The lowest BCUT2D eigenvalue weighted by Gasteiger charge is -2.11. The predicted molar refractivity (Wildman–Crippen MR) is 56.5 cm³/mol. The second-order valence-electron chi connectivity index (χ2n) is 3.49. The molecule has 1 rings (SSSR count). The van der Waals surface area contributed by atoms with Crippen LogP contribution in [0.3, 0.4) is 0 Å². The van der Waals surface area contributed by atoms with Crippen LogP contribution in [0.2, 0.25) is 0 Å². The molecule has 0 heterocycles. The normalized spacial score (nSPS) is 12.8. The highest BCUT2D eigenvalue weighted by molar-refractivity contribution is 5.28. The Morgan fingerprint density at radius 1 is 1.44 bits per heavy atom. The van der Waals surface area contributed by atoms with Gasteiger partial charge < -0.3 is 15.2 Å². The van der Waals surface area contributed by atoms with E-state index in [2.05, 4.69) is 10.1 Å². The van der Waals surface area contributed by atoms with Crippen molar-refractivity contribution >= 4 is 0 Å². The Labute approximate surface area is 93.0 Å². The number of halogens is 2. The molecule has 0 aliphatic rings. The summed E-state index contributed by atoms with van der Waals surface area (Å²) in [7, 11) is 0. The average molecular weight is 231 g/mol. The molecule has 0 spiro atoms. The van der Waals surface area contributed by atoms with Gasteiger partial charge in [-0.05, 0) is 24.6 Å². The quantitative estimate of drug-likeness (QED) is 0.783. The molecule has 0 radical (unpaired) electrons. The molecule has 0 fully saturated rings. The smallest absolute Gasteiger partial charge is 0.387 e. The summed E-state index contributed by atoms with van der Waals surface area (Å²) in [5.41, 5.74) is 0.832. The zero-order chi connectivity index (χ0) is 12.0. The van der Waals surface area contributed by atoms with Crippen LogP contribution in [-0.2, 0) is 6.54 Å². The summed E-state index contributed by atoms with van der Waals surface area (Å²) in [6.45, 7) is -0.436. The molecular weight excluding hydrogens is 216 g/mol. The van der Waals surface area contributed by atoms with Crippen LogP contribution in [0.1, 0.15) is 12.5 Å². The van der Waals surface area contributed by atoms with Gasteiger partial charge in [0.2, 0.25) is 0 Å². The van der Waals surface area contributed by atoms with Crippen molar-refractivity contribution in [3.63, 3.8) is 0 Å². The maximum atomic E-state index is 11.9. The predicted octanol–water partition coefficient (Wildman–Crippen LogP) is 1.76. The first-order valence-corrected chi connectivity index (χ1v) is 5.00. The molecule has 0 aliphatic carbocycles. The Kier molecular flexibility index (Phi) is 5.14. The number of aliphatic hydroxyl groups is 1. The zero-order valence-corrected chi connectivity index (χ0v) is 8.99. The van der Waals surface area contributed by atoms with Crippen molar-refractivity contribution < 1.29 is 18.6 Å². The van der Waals surface area contributed by atoms with E-state index in [4.69, 9.17) is 5.11 Å². The number of hydrogen-bond acceptors (Lipinski definition) is 3. The Morgan fingerprint density at radius 3 is 2.81 bits per heavy atom. The van der Waals surface area contributed by atoms with Crippen molar-refractivity contribution in [2.45, 2.75) is 26.1 Å². The van der Waals surface area contributed by atoms with Crippen molar-refractivity contribution in [1.29, 1.82) is 0 Å². The number of alkyl halides is 2. The Morgan fingerprint density at radius 2 is 2.19 bits per heavy atom. The molecule has 1 atom stereocenters. The number of hydrogen-bond donors (Lipinski definition) is 2. The van der Waals surface area contributed by atoms with Gasteiger partial charge in [-0.15, -0.1) is 0 Å². The van der Waals surface area contributed by atoms with E-state index in [-0.39, 0.29) is 18.4 Å². The van der Waals surface area contributed by atoms with Gasteiger partial charge in [0, 0.05) is 12.6 Å². The summed E-state index contributed by atoms with van der Waals surface area (Å²) in [6, 6.07) is 6.45. The number of rotatable bonds is 6. The minimum atomic E-state index is -2.81. The second kappa shape index (κ2) is 6.40. The number of ether oxygens (including phenoxy) is 1. The molecule has 0 saturated carbocycles. The van der Waals surface area contributed by atoms with Crippen molar-refractivity contribution in [1.82, 2.24) is 5.32 Å². The summed E-state index contributed by atoms with van der Waals surface area (Å²) >= 11 is 0. The first kappa shape index (κ1) is 12.9. The van der Waals surface area contributed by atoms with Crippen LogP contribution in [0.15, 0.2) is 24.3 Å². The summed E-state index contributed by atoms with van der Waals surface area (Å²) in [4.78, 5) is 0. The second-order valence-corrected chi connectivity index (χ2v) is 3.49. The van der Waals surface area contributed by atoms with Crippen molar-refractivity contribution in [2.24, 2.45) is 0 Å². The Bertz CT molecular complexity index is 321. The molecule has 2 N–H and O–H groups in total. The SMILES string of the molecule is CC(CO)NCc1cccc(OC(F)F)c1. The molecule has 0 amide bonds. The Hall–Kier alpha value is -1.20. The van der Waals surface area contributed by atoms with E-state index in [9.17, 15) is 8.78 Å². The van der Waals surface area contributed by atoms with Gasteiger partial charge >= 0.3 is 6.61 Å². The minimum Gasteiger partial charge on any atom is -0.435 e. The van der Waals surface area contributed by atoms with Gasteiger partial charge in [0.15, 0.2) is 0 Å². The summed E-state index contributed by atoms with van der Waals surface area (Å²) in [6.07, 6.45) is 0. The third-order valence-corrected chi connectivity index (χ3v) is 2.05. The lowest BCUT2D eigenvalue weighted by Crippen LogP contribution is -2.28. The van der Waals surface area contributed by atoms with Gasteiger partial charge in [0.05, 0.1) is 6.61 Å². The van der Waals surface area contributed by atoms with Gasteiger partial charge in [0.1, 0.15) is 5.75 Å². The molecule has 1 aromatic carbocycles. The van der Waals surface area contributed by atoms with E-state index < -0.39 is 6.61 Å². The van der Waals surface area contributed by atoms with E-state index in [0.29, 0.717) is 6.54 Å². The molecule has 0 bridgehead atoms. The number of aliphatic hydroxyl groups excluding tert-OH is 1. The highest BCUT2D eigenvalue weighted by Gasteiger charge is 2.05. The molecule has 90 valence electrons. The monoisotopic (exact) mass is 231 g/mol. The fraction of sp³-hybridized carbons (Fsp3) is 0.455. The van der Waals surface area contributed by atoms with E-state index in [1.54, 1.807) is 18.2 Å². The summed E-state index contributed by atoms with van der Waals surface area (Å²) < 4.78 is 28.2. The molecule has 3 nitrogen and oxygen atoms in total. The van der Waals surface area contributed by atoms with Crippen molar-refractivity contribution in [2.75, 3.05) is 6.61 Å². The van der Waals surface area contributed by atoms with Crippen LogP contribution in [0.25, 0.3) is 0 Å². The molecular formula is C11H15F2NO2. The van der Waals surface area contributed by atoms with Crippen molar-refractivity contribution in [3.8, 4) is 5.75 Å². The van der Waals surface area contributed by atoms with Gasteiger partial charge in [-0.25, -0.2) is 0 Å². The molecule has 0 aliphatic heterocycles. The van der Waals surface area contributed by atoms with Crippen LogP contribution in [0.5, 0.6) is 5.75 Å². The third-order valence-electron chi connectivity index (χ3n) is 2.05. The van der Waals surface area contributed by atoms with E-state index >= 15 is 0 Å². The highest BCUT2D eigenvalue weighted by Crippen LogP contribution is 2.15. The van der Waals surface area contributed by atoms with Crippen molar-refractivity contribution in [3.05, 3.63) is 29.8 Å².